The molecule has 0 aliphatic carbocycles. The van der Waals surface area contributed by atoms with Crippen LogP contribution in [0.15, 0.2) is 36.4 Å². The number of aliphatic carboxylic acids is 1. The van der Waals surface area contributed by atoms with E-state index in [0.717, 1.165) is 60.6 Å². The van der Waals surface area contributed by atoms with Crippen LogP contribution in [-0.2, 0) is 23.9 Å². The molecule has 1 fully saturated rings. The fourth-order valence-corrected chi connectivity index (χ4v) is 4.95. The molecule has 0 bridgehead atoms. The van der Waals surface area contributed by atoms with Crippen LogP contribution in [0, 0.1) is 6.92 Å². The van der Waals surface area contributed by atoms with Crippen LogP contribution in [0.4, 0.5) is 18.3 Å². The molecule has 0 saturated carbocycles. The fourth-order valence-electron chi connectivity index (χ4n) is 3.90. The summed E-state index contributed by atoms with van der Waals surface area (Å²) in [6.07, 6.45) is -4.35. The number of halogens is 3. The molecule has 1 aliphatic heterocycles. The number of fused-ring (bicyclic) bond motifs is 1. The van der Waals surface area contributed by atoms with Crippen LogP contribution >= 0.6 is 11.3 Å². The van der Waals surface area contributed by atoms with E-state index in [-0.39, 0.29) is 6.42 Å². The first-order valence-electron chi connectivity index (χ1n) is 9.94. The van der Waals surface area contributed by atoms with Crippen LogP contribution in [-0.4, -0.2) is 47.1 Å². The Morgan fingerprint density at radius 3 is 2.48 bits per heavy atom. The lowest BCUT2D eigenvalue weighted by Crippen LogP contribution is -2.45. The lowest BCUT2D eigenvalue weighted by Gasteiger charge is -2.34. The maximum Gasteiger partial charge on any atom is 0.416 e. The molecule has 2 aromatic carbocycles. The second kappa shape index (κ2) is 8.47. The van der Waals surface area contributed by atoms with Gasteiger partial charge in [0.25, 0.3) is 0 Å². The van der Waals surface area contributed by atoms with Crippen molar-refractivity contribution in [2.24, 2.45) is 0 Å². The Morgan fingerprint density at radius 2 is 1.81 bits per heavy atom. The molecular formula is C22H22F3N3O2S. The fraction of sp³-hybridized carbons (Fsp3) is 0.364. The van der Waals surface area contributed by atoms with Crippen molar-refractivity contribution in [3.05, 3.63) is 58.7 Å². The first kappa shape index (κ1) is 21.6. The SMILES string of the molecule is Cc1cc(CC(=O)O)cc(CN2CCN(c3nc4ccc(C(F)(F)F)cc4s3)CC2)c1. The number of hydrogen-bond donors (Lipinski definition) is 1. The van der Waals surface area contributed by atoms with Gasteiger partial charge in [-0.25, -0.2) is 4.98 Å². The predicted octanol–water partition coefficient (Wildman–Crippen LogP) is 4.57. The Morgan fingerprint density at radius 1 is 1.10 bits per heavy atom. The summed E-state index contributed by atoms with van der Waals surface area (Å²) < 4.78 is 39.4. The molecule has 0 amide bonds. The van der Waals surface area contributed by atoms with Gasteiger partial charge in [0.2, 0.25) is 0 Å². The second-order valence-electron chi connectivity index (χ2n) is 7.84. The van der Waals surface area contributed by atoms with Crippen molar-refractivity contribution < 1.29 is 23.1 Å². The van der Waals surface area contributed by atoms with Gasteiger partial charge in [0, 0.05) is 32.7 Å². The van der Waals surface area contributed by atoms with Gasteiger partial charge in [-0.15, -0.1) is 0 Å². The Labute approximate surface area is 181 Å². The highest BCUT2D eigenvalue weighted by Crippen LogP contribution is 2.35. The lowest BCUT2D eigenvalue weighted by molar-refractivity contribution is -0.138. The van der Waals surface area contributed by atoms with E-state index in [1.807, 2.05) is 19.1 Å². The van der Waals surface area contributed by atoms with E-state index in [1.165, 1.54) is 23.5 Å². The summed E-state index contributed by atoms with van der Waals surface area (Å²) in [6, 6.07) is 9.58. The number of hydrogen-bond acceptors (Lipinski definition) is 5. The van der Waals surface area contributed by atoms with Crippen LogP contribution in [0.5, 0.6) is 0 Å². The summed E-state index contributed by atoms with van der Waals surface area (Å²) in [5.74, 6) is -0.844. The van der Waals surface area contributed by atoms with Crippen molar-refractivity contribution >= 4 is 32.7 Å². The summed E-state index contributed by atoms with van der Waals surface area (Å²) in [7, 11) is 0. The Kier molecular flexibility index (Phi) is 5.90. The molecule has 2 heterocycles. The van der Waals surface area contributed by atoms with E-state index in [1.54, 1.807) is 0 Å². The Hall–Kier alpha value is -2.65. The van der Waals surface area contributed by atoms with Gasteiger partial charge in [-0.05, 0) is 36.2 Å². The average Bonchev–Trinajstić information content (AvgIpc) is 3.10. The maximum atomic E-state index is 13.0. The van der Waals surface area contributed by atoms with Crippen molar-refractivity contribution in [3.63, 3.8) is 0 Å². The van der Waals surface area contributed by atoms with Crippen LogP contribution in [0.3, 0.4) is 0 Å². The molecule has 9 heteroatoms. The van der Waals surface area contributed by atoms with Gasteiger partial charge in [0.1, 0.15) is 0 Å². The van der Waals surface area contributed by atoms with E-state index in [9.17, 15) is 18.0 Å². The molecule has 1 N–H and O–H groups in total. The maximum absolute atomic E-state index is 13.0. The van der Waals surface area contributed by atoms with Gasteiger partial charge in [-0.3, -0.25) is 9.69 Å². The van der Waals surface area contributed by atoms with Crippen molar-refractivity contribution in [2.75, 3.05) is 31.1 Å². The second-order valence-corrected chi connectivity index (χ2v) is 8.85. The number of aryl methyl sites for hydroxylation is 1. The van der Waals surface area contributed by atoms with Crippen LogP contribution in [0.1, 0.15) is 22.3 Å². The minimum absolute atomic E-state index is 0.0100. The highest BCUT2D eigenvalue weighted by Gasteiger charge is 2.31. The molecule has 31 heavy (non-hydrogen) atoms. The van der Waals surface area contributed by atoms with Crippen LogP contribution in [0.2, 0.25) is 0 Å². The Bertz CT molecular complexity index is 1110. The predicted molar refractivity (Wildman–Crippen MR) is 115 cm³/mol. The number of carboxylic acids is 1. The minimum atomic E-state index is -4.36. The van der Waals surface area contributed by atoms with Crippen LogP contribution in [0.25, 0.3) is 10.2 Å². The first-order valence-corrected chi connectivity index (χ1v) is 10.8. The van der Waals surface area contributed by atoms with Crippen molar-refractivity contribution in [3.8, 4) is 0 Å². The number of carbonyl (C=O) groups is 1. The third-order valence-corrected chi connectivity index (χ3v) is 6.38. The normalized spacial score (nSPS) is 15.5. The quantitative estimate of drug-likeness (QED) is 0.618. The summed E-state index contributed by atoms with van der Waals surface area (Å²) >= 11 is 1.29. The largest absolute Gasteiger partial charge is 0.481 e. The van der Waals surface area contributed by atoms with Gasteiger partial charge >= 0.3 is 12.1 Å². The standard InChI is InChI=1S/C22H22F3N3O2S/c1-14-8-15(11-20(29)30)10-16(9-14)13-27-4-6-28(7-5-27)21-26-18-3-2-17(22(23,24)25)12-19(18)31-21/h2-3,8-10,12H,4-7,11,13H2,1H3,(H,29,30). The van der Waals surface area contributed by atoms with Gasteiger partial charge < -0.3 is 10.0 Å². The number of anilines is 1. The molecular weight excluding hydrogens is 427 g/mol. The molecule has 3 aromatic rings. The third kappa shape index (κ3) is 5.16. The first-order chi connectivity index (χ1) is 14.7. The van der Waals surface area contributed by atoms with Gasteiger partial charge in [0.15, 0.2) is 5.13 Å². The molecule has 4 rings (SSSR count). The minimum Gasteiger partial charge on any atom is -0.481 e. The number of carboxylic acid groups (broad SMARTS) is 1. The van der Waals surface area contributed by atoms with E-state index >= 15 is 0 Å². The summed E-state index contributed by atoms with van der Waals surface area (Å²) in [5.41, 5.74) is 2.86. The zero-order chi connectivity index (χ0) is 22.2. The number of piperazine rings is 1. The molecule has 164 valence electrons. The molecule has 0 spiro atoms. The molecule has 1 saturated heterocycles. The number of alkyl halides is 3. The van der Waals surface area contributed by atoms with E-state index in [0.29, 0.717) is 10.2 Å². The Balaban J connectivity index is 1.41. The topological polar surface area (TPSA) is 56.7 Å². The van der Waals surface area contributed by atoms with E-state index < -0.39 is 17.7 Å². The molecule has 5 nitrogen and oxygen atoms in total. The molecule has 0 unspecified atom stereocenters. The van der Waals surface area contributed by atoms with Crippen LogP contribution < -0.4 is 4.90 Å². The smallest absolute Gasteiger partial charge is 0.416 e. The number of aromatic nitrogens is 1. The third-order valence-electron chi connectivity index (χ3n) is 5.31. The van der Waals surface area contributed by atoms with Crippen molar-refractivity contribution in [2.45, 2.75) is 26.1 Å². The average molecular weight is 449 g/mol. The van der Waals surface area contributed by atoms with Gasteiger partial charge in [-0.2, -0.15) is 13.2 Å². The zero-order valence-corrected chi connectivity index (χ0v) is 17.8. The van der Waals surface area contributed by atoms with E-state index in [2.05, 4.69) is 20.9 Å². The lowest BCUT2D eigenvalue weighted by atomic mass is 10.0. The van der Waals surface area contributed by atoms with Gasteiger partial charge in [-0.1, -0.05) is 35.1 Å². The van der Waals surface area contributed by atoms with Crippen molar-refractivity contribution in [1.82, 2.24) is 9.88 Å². The summed E-state index contributed by atoms with van der Waals surface area (Å²) in [4.78, 5) is 19.9. The zero-order valence-electron chi connectivity index (χ0n) is 16.9. The number of nitrogens with zero attached hydrogens (tertiary/aromatic N) is 3. The monoisotopic (exact) mass is 449 g/mol. The van der Waals surface area contributed by atoms with Gasteiger partial charge in [0.05, 0.1) is 22.2 Å². The molecule has 1 aromatic heterocycles. The highest BCUT2D eigenvalue weighted by atomic mass is 32.1. The number of rotatable bonds is 5. The van der Waals surface area contributed by atoms with Crippen molar-refractivity contribution in [1.29, 1.82) is 0 Å². The molecule has 0 atom stereocenters. The highest BCUT2D eigenvalue weighted by molar-refractivity contribution is 7.22. The summed E-state index contributed by atoms with van der Waals surface area (Å²) in [6.45, 7) is 5.76. The molecule has 0 radical (unpaired) electrons. The molecule has 1 aliphatic rings. The number of thiazole rings is 1. The van der Waals surface area contributed by atoms with E-state index in [4.69, 9.17) is 5.11 Å². The number of benzene rings is 2. The summed E-state index contributed by atoms with van der Waals surface area (Å²) in [5, 5.41) is 9.78.